The van der Waals surface area contributed by atoms with Gasteiger partial charge in [-0.3, -0.25) is 14.4 Å². The quantitative estimate of drug-likeness (QED) is 0.668. The van der Waals surface area contributed by atoms with Gasteiger partial charge in [0.25, 0.3) is 11.8 Å². The van der Waals surface area contributed by atoms with Crippen LogP contribution in [0, 0.1) is 29.1 Å². The van der Waals surface area contributed by atoms with Crippen LogP contribution in [0.5, 0.6) is 0 Å². The average Bonchev–Trinajstić information content (AvgIpc) is 3.52. The number of aromatic nitrogens is 1. The van der Waals surface area contributed by atoms with Gasteiger partial charge in [-0.05, 0) is 61.2 Å². The molecule has 1 saturated heterocycles. The molecule has 3 atom stereocenters. The van der Waals surface area contributed by atoms with E-state index in [-0.39, 0.29) is 22.9 Å². The van der Waals surface area contributed by atoms with E-state index in [1.165, 1.54) is 12.8 Å². The van der Waals surface area contributed by atoms with Crippen molar-refractivity contribution in [2.75, 3.05) is 19.6 Å². The van der Waals surface area contributed by atoms with Crippen molar-refractivity contribution in [2.24, 2.45) is 29.1 Å². The molecular formula is C27H37N3O3. The lowest BCUT2D eigenvalue weighted by Gasteiger charge is -2.22. The maximum Gasteiger partial charge on any atom is 0.259 e. The molecule has 0 radical (unpaired) electrons. The first-order chi connectivity index (χ1) is 15.9. The fourth-order valence-corrected chi connectivity index (χ4v) is 6.59. The summed E-state index contributed by atoms with van der Waals surface area (Å²) in [5.74, 6) is 1.44. The van der Waals surface area contributed by atoms with Gasteiger partial charge in [0.05, 0.1) is 0 Å². The molecule has 1 aromatic rings. The zero-order valence-corrected chi connectivity index (χ0v) is 20.0. The van der Waals surface area contributed by atoms with Crippen LogP contribution >= 0.6 is 0 Å². The molecule has 1 aromatic heterocycles. The van der Waals surface area contributed by atoms with Crippen molar-refractivity contribution < 1.29 is 9.59 Å². The molecule has 6 heteroatoms. The fourth-order valence-electron chi connectivity index (χ4n) is 6.59. The topological polar surface area (TPSA) is 71.4 Å². The van der Waals surface area contributed by atoms with Crippen molar-refractivity contribution in [3.63, 3.8) is 0 Å². The Morgan fingerprint density at radius 1 is 1.06 bits per heavy atom. The first-order valence-corrected chi connectivity index (χ1v) is 12.9. The fraction of sp³-hybridized carbons (Fsp3) is 0.667. The highest BCUT2D eigenvalue weighted by Crippen LogP contribution is 2.69. The first kappa shape index (κ1) is 22.4. The average molecular weight is 452 g/mol. The summed E-state index contributed by atoms with van der Waals surface area (Å²) >= 11 is 0. The molecule has 2 heterocycles. The summed E-state index contributed by atoms with van der Waals surface area (Å²) in [6.45, 7) is 6.78. The summed E-state index contributed by atoms with van der Waals surface area (Å²) in [4.78, 5) is 41.6. The van der Waals surface area contributed by atoms with E-state index in [4.69, 9.17) is 0 Å². The molecule has 6 nitrogen and oxygen atoms in total. The summed E-state index contributed by atoms with van der Waals surface area (Å²) in [6, 6.07) is 0. The summed E-state index contributed by atoms with van der Waals surface area (Å²) in [5, 5.41) is 3.06. The standard InChI is InChI=1S/C27H37N3O3/c1-18(2)15-29-16-21(24(31)22(17-29)26(33)30-11-5-3-4-6-12-30)25(32)28-14-19-13-20-7-8-23(19)27(20)9-10-27/h7-8,16-20,23H,3-6,9-15H2,1-2H3,(H,28,32). The second-order valence-corrected chi connectivity index (χ2v) is 11.2. The van der Waals surface area contributed by atoms with Crippen LogP contribution in [0.2, 0.25) is 0 Å². The van der Waals surface area contributed by atoms with Gasteiger partial charge in [0.1, 0.15) is 11.1 Å². The molecule has 2 saturated carbocycles. The van der Waals surface area contributed by atoms with E-state index >= 15 is 0 Å². The number of rotatable bonds is 6. The van der Waals surface area contributed by atoms with Crippen LogP contribution in [0.25, 0.3) is 0 Å². The molecule has 1 N–H and O–H groups in total. The largest absolute Gasteiger partial charge is 0.352 e. The van der Waals surface area contributed by atoms with Gasteiger partial charge in [0, 0.05) is 38.6 Å². The second-order valence-electron chi connectivity index (χ2n) is 11.2. The number of carbonyl (C=O) groups is 2. The lowest BCUT2D eigenvalue weighted by Crippen LogP contribution is -2.39. The van der Waals surface area contributed by atoms with Crippen LogP contribution < -0.4 is 10.7 Å². The maximum atomic E-state index is 13.3. The van der Waals surface area contributed by atoms with Gasteiger partial charge in [-0.25, -0.2) is 0 Å². The van der Waals surface area contributed by atoms with Crippen LogP contribution in [0.15, 0.2) is 29.3 Å². The van der Waals surface area contributed by atoms with E-state index in [2.05, 4.69) is 31.3 Å². The molecule has 3 aliphatic carbocycles. The van der Waals surface area contributed by atoms with Gasteiger partial charge < -0.3 is 14.8 Å². The molecule has 1 spiro atoms. The van der Waals surface area contributed by atoms with Crippen LogP contribution in [0.4, 0.5) is 0 Å². The first-order valence-electron chi connectivity index (χ1n) is 12.9. The summed E-state index contributed by atoms with van der Waals surface area (Å²) < 4.78 is 1.85. The number of nitrogens with zero attached hydrogens (tertiary/aromatic N) is 2. The van der Waals surface area contributed by atoms with Crippen molar-refractivity contribution >= 4 is 11.8 Å². The second kappa shape index (κ2) is 8.77. The van der Waals surface area contributed by atoms with E-state index in [1.807, 2.05) is 4.57 Å². The lowest BCUT2D eigenvalue weighted by atomic mass is 9.89. The highest BCUT2D eigenvalue weighted by atomic mass is 16.2. The van der Waals surface area contributed by atoms with Crippen molar-refractivity contribution in [2.45, 2.75) is 65.3 Å². The lowest BCUT2D eigenvalue weighted by molar-refractivity contribution is 0.0759. The Labute approximate surface area is 196 Å². The van der Waals surface area contributed by atoms with Gasteiger partial charge >= 0.3 is 0 Å². The molecular weight excluding hydrogens is 414 g/mol. The van der Waals surface area contributed by atoms with Crippen molar-refractivity contribution in [1.82, 2.24) is 14.8 Å². The number of likely N-dealkylation sites (tertiary alicyclic amines) is 1. The third kappa shape index (κ3) is 4.17. The highest BCUT2D eigenvalue weighted by molar-refractivity contribution is 5.99. The van der Waals surface area contributed by atoms with E-state index in [0.717, 1.165) is 32.1 Å². The molecule has 3 fully saturated rings. The number of pyridine rings is 1. The molecule has 0 aromatic carbocycles. The third-order valence-electron chi connectivity index (χ3n) is 8.39. The Hall–Kier alpha value is -2.37. The summed E-state index contributed by atoms with van der Waals surface area (Å²) in [6.07, 6.45) is 15.9. The summed E-state index contributed by atoms with van der Waals surface area (Å²) in [7, 11) is 0. The van der Waals surface area contributed by atoms with Crippen LogP contribution in [0.3, 0.4) is 0 Å². The number of carbonyl (C=O) groups excluding carboxylic acids is 2. The van der Waals surface area contributed by atoms with E-state index in [0.29, 0.717) is 55.3 Å². The number of amides is 2. The highest BCUT2D eigenvalue weighted by Gasteiger charge is 2.62. The predicted octanol–water partition coefficient (Wildman–Crippen LogP) is 3.85. The normalized spacial score (nSPS) is 27.2. The number of nitrogens with one attached hydrogen (secondary N) is 1. The number of hydrogen-bond acceptors (Lipinski definition) is 3. The zero-order chi connectivity index (χ0) is 23.2. The van der Waals surface area contributed by atoms with Crippen molar-refractivity contribution in [3.05, 3.63) is 45.9 Å². The van der Waals surface area contributed by atoms with Gasteiger partial charge in [0.15, 0.2) is 0 Å². The number of allylic oxidation sites excluding steroid dienone is 2. The Kier molecular flexibility index (Phi) is 5.96. The SMILES string of the molecule is CC(C)Cn1cc(C(=O)NCC2CC3C=CC2C32CC2)c(=O)c(C(=O)N2CCCCCC2)c1. The zero-order valence-electron chi connectivity index (χ0n) is 20.0. The van der Waals surface area contributed by atoms with Gasteiger partial charge in [-0.15, -0.1) is 0 Å². The molecule has 2 bridgehead atoms. The molecule has 2 amide bonds. The molecule has 33 heavy (non-hydrogen) atoms. The van der Waals surface area contributed by atoms with Gasteiger partial charge in [-0.1, -0.05) is 38.8 Å². The van der Waals surface area contributed by atoms with Crippen molar-refractivity contribution in [3.8, 4) is 0 Å². The predicted molar refractivity (Wildman–Crippen MR) is 128 cm³/mol. The van der Waals surface area contributed by atoms with Crippen LogP contribution in [-0.4, -0.2) is 40.9 Å². The minimum absolute atomic E-state index is 0.0937. The maximum absolute atomic E-state index is 13.3. The van der Waals surface area contributed by atoms with E-state index in [1.54, 1.807) is 17.3 Å². The molecule has 178 valence electrons. The monoisotopic (exact) mass is 451 g/mol. The Morgan fingerprint density at radius 2 is 1.76 bits per heavy atom. The molecule has 4 aliphatic rings. The number of hydrogen-bond donors (Lipinski definition) is 1. The Morgan fingerprint density at radius 3 is 2.39 bits per heavy atom. The molecule has 1 aliphatic heterocycles. The Bertz CT molecular complexity index is 1010. The van der Waals surface area contributed by atoms with E-state index in [9.17, 15) is 14.4 Å². The van der Waals surface area contributed by atoms with Gasteiger partial charge in [-0.2, -0.15) is 0 Å². The van der Waals surface area contributed by atoms with Gasteiger partial charge in [0.2, 0.25) is 5.43 Å². The Balaban J connectivity index is 1.36. The third-order valence-corrected chi connectivity index (χ3v) is 8.39. The van der Waals surface area contributed by atoms with Crippen LogP contribution in [0.1, 0.15) is 79.5 Å². The minimum Gasteiger partial charge on any atom is -0.352 e. The smallest absolute Gasteiger partial charge is 0.259 e. The van der Waals surface area contributed by atoms with Crippen molar-refractivity contribution in [1.29, 1.82) is 0 Å². The molecule has 3 unspecified atom stereocenters. The minimum atomic E-state index is -0.437. The van der Waals surface area contributed by atoms with E-state index < -0.39 is 5.43 Å². The van der Waals surface area contributed by atoms with Crippen LogP contribution in [-0.2, 0) is 6.54 Å². The molecule has 5 rings (SSSR count). The summed E-state index contributed by atoms with van der Waals surface area (Å²) in [5.41, 5.74) is 0.271.